The number of benzene rings is 2. The molecule has 0 bridgehead atoms. The molecule has 5 heteroatoms. The van der Waals surface area contributed by atoms with Crippen molar-refractivity contribution >= 4 is 34.6 Å². The Bertz CT molecular complexity index is 835. The summed E-state index contributed by atoms with van der Waals surface area (Å²) in [5.41, 5.74) is 2.76. The van der Waals surface area contributed by atoms with Gasteiger partial charge in [0.05, 0.1) is 22.6 Å². The number of nitrogens with zero attached hydrogens (tertiary/aromatic N) is 2. The van der Waals surface area contributed by atoms with Gasteiger partial charge in [0.15, 0.2) is 0 Å². The molecule has 1 heterocycles. The maximum atomic E-state index is 12.5. The number of rotatable bonds is 4. The first-order valence-electron chi connectivity index (χ1n) is 7.46. The van der Waals surface area contributed by atoms with Gasteiger partial charge in [0.2, 0.25) is 0 Å². The second-order valence-electron chi connectivity index (χ2n) is 5.24. The van der Waals surface area contributed by atoms with Crippen molar-refractivity contribution in [1.29, 1.82) is 0 Å². The summed E-state index contributed by atoms with van der Waals surface area (Å²) < 4.78 is 0. The smallest absolute Gasteiger partial charge is 0.276 e. The van der Waals surface area contributed by atoms with E-state index in [4.69, 9.17) is 11.6 Å². The van der Waals surface area contributed by atoms with Crippen LogP contribution in [-0.2, 0) is 0 Å². The molecule has 0 saturated carbocycles. The highest BCUT2D eigenvalue weighted by Gasteiger charge is 2.14. The highest BCUT2D eigenvalue weighted by Crippen LogP contribution is 2.24. The van der Waals surface area contributed by atoms with Crippen LogP contribution in [0.5, 0.6) is 0 Å². The van der Waals surface area contributed by atoms with Crippen LogP contribution in [0.1, 0.15) is 10.5 Å². The highest BCUT2D eigenvalue weighted by molar-refractivity contribution is 6.33. The van der Waals surface area contributed by atoms with Gasteiger partial charge in [0.25, 0.3) is 5.91 Å². The molecule has 3 aromatic rings. The summed E-state index contributed by atoms with van der Waals surface area (Å²) in [6, 6.07) is 20.4. The third-order valence-electron chi connectivity index (χ3n) is 3.58. The van der Waals surface area contributed by atoms with Crippen LogP contribution < -0.4 is 10.2 Å². The molecule has 1 amide bonds. The molecular formula is C19H16ClN3O. The Morgan fingerprint density at radius 1 is 1.00 bits per heavy atom. The van der Waals surface area contributed by atoms with E-state index in [1.165, 1.54) is 0 Å². The highest BCUT2D eigenvalue weighted by atomic mass is 35.5. The van der Waals surface area contributed by atoms with Crippen molar-refractivity contribution in [1.82, 2.24) is 4.98 Å². The van der Waals surface area contributed by atoms with E-state index in [9.17, 15) is 4.79 Å². The molecule has 0 spiro atoms. The van der Waals surface area contributed by atoms with Gasteiger partial charge in [-0.15, -0.1) is 0 Å². The Morgan fingerprint density at radius 3 is 2.38 bits per heavy atom. The topological polar surface area (TPSA) is 45.2 Å². The Morgan fingerprint density at radius 2 is 1.71 bits per heavy atom. The minimum Gasteiger partial charge on any atom is -0.353 e. The lowest BCUT2D eigenvalue weighted by atomic mass is 10.2. The van der Waals surface area contributed by atoms with E-state index >= 15 is 0 Å². The molecular weight excluding hydrogens is 322 g/mol. The maximum absolute atomic E-state index is 12.5. The lowest BCUT2D eigenvalue weighted by Crippen LogP contribution is -2.26. The van der Waals surface area contributed by atoms with Crippen LogP contribution in [0.4, 0.5) is 17.1 Å². The number of aromatic nitrogens is 1. The number of hydrogen-bond donors (Lipinski definition) is 1. The number of nitrogens with one attached hydrogen (secondary N) is 1. The van der Waals surface area contributed by atoms with Crippen molar-refractivity contribution in [2.75, 3.05) is 17.3 Å². The molecule has 120 valence electrons. The number of halogens is 1. The Kier molecular flexibility index (Phi) is 4.77. The molecule has 0 fully saturated rings. The number of para-hydroxylation sites is 2. The van der Waals surface area contributed by atoms with Crippen LogP contribution in [0, 0.1) is 0 Å². The average molecular weight is 338 g/mol. The molecule has 2 aromatic carbocycles. The molecule has 0 atom stereocenters. The van der Waals surface area contributed by atoms with E-state index in [0.29, 0.717) is 10.7 Å². The summed E-state index contributed by atoms with van der Waals surface area (Å²) in [5, 5.41) is 3.81. The molecule has 0 unspecified atom stereocenters. The standard InChI is InChI=1S/C19H16ClN3O/c1-23(15-7-3-2-4-8-15)19(24)18-12-11-14(13-21-18)22-17-10-6-5-9-16(17)20/h2-13,22H,1H3. The quantitative estimate of drug-likeness (QED) is 0.746. The van der Waals surface area contributed by atoms with Crippen molar-refractivity contribution in [3.8, 4) is 0 Å². The van der Waals surface area contributed by atoms with Crippen LogP contribution in [0.25, 0.3) is 0 Å². The van der Waals surface area contributed by atoms with E-state index in [2.05, 4.69) is 10.3 Å². The number of carbonyl (C=O) groups excluding carboxylic acids is 1. The zero-order valence-electron chi connectivity index (χ0n) is 13.1. The summed E-state index contributed by atoms with van der Waals surface area (Å²) in [5.74, 6) is -0.162. The number of anilines is 3. The first-order chi connectivity index (χ1) is 11.6. The third kappa shape index (κ3) is 3.55. The molecule has 1 aromatic heterocycles. The Balaban J connectivity index is 1.75. The second-order valence-corrected chi connectivity index (χ2v) is 5.64. The molecule has 0 aliphatic rings. The molecule has 0 saturated heterocycles. The van der Waals surface area contributed by atoms with Gasteiger partial charge in [-0.2, -0.15) is 0 Å². The minimum absolute atomic E-state index is 0.162. The summed E-state index contributed by atoms with van der Waals surface area (Å²) in [4.78, 5) is 18.3. The van der Waals surface area contributed by atoms with Gasteiger partial charge in [0.1, 0.15) is 5.69 Å². The van der Waals surface area contributed by atoms with E-state index in [0.717, 1.165) is 17.1 Å². The fraction of sp³-hybridized carbons (Fsp3) is 0.0526. The average Bonchev–Trinajstić information content (AvgIpc) is 2.64. The SMILES string of the molecule is CN(C(=O)c1ccc(Nc2ccccc2Cl)cn1)c1ccccc1. The van der Waals surface area contributed by atoms with Gasteiger partial charge in [-0.1, -0.05) is 41.9 Å². The van der Waals surface area contributed by atoms with E-state index in [-0.39, 0.29) is 5.91 Å². The molecule has 4 nitrogen and oxygen atoms in total. The minimum atomic E-state index is -0.162. The molecule has 1 N–H and O–H groups in total. The van der Waals surface area contributed by atoms with Crippen molar-refractivity contribution in [2.24, 2.45) is 0 Å². The zero-order valence-corrected chi connectivity index (χ0v) is 13.9. The molecule has 24 heavy (non-hydrogen) atoms. The largest absolute Gasteiger partial charge is 0.353 e. The summed E-state index contributed by atoms with van der Waals surface area (Å²) in [6.07, 6.45) is 1.62. The van der Waals surface area contributed by atoms with Crippen LogP contribution >= 0.6 is 11.6 Å². The molecule has 0 aliphatic carbocycles. The summed E-state index contributed by atoms with van der Waals surface area (Å²) in [6.45, 7) is 0. The lowest BCUT2D eigenvalue weighted by molar-refractivity contribution is 0.0988. The fourth-order valence-electron chi connectivity index (χ4n) is 2.25. The van der Waals surface area contributed by atoms with Crippen molar-refractivity contribution in [2.45, 2.75) is 0 Å². The van der Waals surface area contributed by atoms with Gasteiger partial charge >= 0.3 is 0 Å². The Hall–Kier alpha value is -2.85. The van der Waals surface area contributed by atoms with E-state index < -0.39 is 0 Å². The van der Waals surface area contributed by atoms with Gasteiger partial charge in [0, 0.05) is 12.7 Å². The number of amides is 1. The Labute approximate surface area is 145 Å². The van der Waals surface area contributed by atoms with Gasteiger partial charge in [-0.05, 0) is 36.4 Å². The van der Waals surface area contributed by atoms with Crippen LogP contribution in [0.15, 0.2) is 72.9 Å². The van der Waals surface area contributed by atoms with Crippen molar-refractivity contribution < 1.29 is 4.79 Å². The predicted octanol–water partition coefficient (Wildman–Crippen LogP) is 4.76. The zero-order chi connectivity index (χ0) is 16.9. The summed E-state index contributed by atoms with van der Waals surface area (Å²) >= 11 is 6.12. The molecule has 3 rings (SSSR count). The molecule has 0 aliphatic heterocycles. The van der Waals surface area contributed by atoms with Crippen molar-refractivity contribution in [3.63, 3.8) is 0 Å². The van der Waals surface area contributed by atoms with Gasteiger partial charge in [-0.25, -0.2) is 4.98 Å². The molecule has 0 radical (unpaired) electrons. The third-order valence-corrected chi connectivity index (χ3v) is 3.91. The maximum Gasteiger partial charge on any atom is 0.276 e. The first-order valence-corrected chi connectivity index (χ1v) is 7.83. The normalized spacial score (nSPS) is 10.2. The van der Waals surface area contributed by atoms with Crippen molar-refractivity contribution in [3.05, 3.63) is 83.6 Å². The number of pyridine rings is 1. The van der Waals surface area contributed by atoms with Gasteiger partial charge < -0.3 is 10.2 Å². The monoisotopic (exact) mass is 337 g/mol. The van der Waals surface area contributed by atoms with E-state index in [1.54, 1.807) is 24.2 Å². The second kappa shape index (κ2) is 7.15. The first kappa shape index (κ1) is 16.0. The fourth-order valence-corrected chi connectivity index (χ4v) is 2.44. The van der Waals surface area contributed by atoms with Crippen LogP contribution in [0.3, 0.4) is 0 Å². The van der Waals surface area contributed by atoms with E-state index in [1.807, 2.05) is 60.7 Å². The summed E-state index contributed by atoms with van der Waals surface area (Å²) in [7, 11) is 1.73. The van der Waals surface area contributed by atoms with Crippen LogP contribution in [0.2, 0.25) is 5.02 Å². The number of carbonyl (C=O) groups is 1. The predicted molar refractivity (Wildman–Crippen MR) is 98.1 cm³/mol. The van der Waals surface area contributed by atoms with Crippen LogP contribution in [-0.4, -0.2) is 17.9 Å². The lowest BCUT2D eigenvalue weighted by Gasteiger charge is -2.17. The van der Waals surface area contributed by atoms with Gasteiger partial charge in [-0.3, -0.25) is 4.79 Å². The number of hydrogen-bond acceptors (Lipinski definition) is 3.